The van der Waals surface area contributed by atoms with Crippen molar-refractivity contribution in [2.24, 2.45) is 0 Å². The van der Waals surface area contributed by atoms with Gasteiger partial charge in [0.1, 0.15) is 0 Å². The fraction of sp³-hybridized carbons (Fsp3) is 0.769. The second-order valence-corrected chi connectivity index (χ2v) is 6.30. The lowest BCUT2D eigenvalue weighted by Gasteiger charge is -2.31. The number of aromatic nitrogens is 2. The maximum atomic E-state index is 5.43. The van der Waals surface area contributed by atoms with Crippen LogP contribution in [0.4, 0.5) is 0 Å². The highest BCUT2D eigenvalue weighted by atomic mass is 79.9. The summed E-state index contributed by atoms with van der Waals surface area (Å²) in [4.78, 5) is 0. The van der Waals surface area contributed by atoms with Gasteiger partial charge in [0, 0.05) is 24.9 Å². The van der Waals surface area contributed by atoms with E-state index in [0.29, 0.717) is 18.1 Å². The van der Waals surface area contributed by atoms with Crippen molar-refractivity contribution in [1.82, 2.24) is 15.1 Å². The summed E-state index contributed by atoms with van der Waals surface area (Å²) in [5.74, 6) is 0. The van der Waals surface area contributed by atoms with E-state index < -0.39 is 0 Å². The van der Waals surface area contributed by atoms with E-state index in [-0.39, 0.29) is 0 Å². The van der Waals surface area contributed by atoms with E-state index in [4.69, 9.17) is 4.74 Å². The van der Waals surface area contributed by atoms with Crippen molar-refractivity contribution in [2.45, 2.75) is 50.2 Å². The molecule has 0 aromatic carbocycles. The molecule has 0 unspecified atom stereocenters. The van der Waals surface area contributed by atoms with Gasteiger partial charge in [-0.3, -0.25) is 4.68 Å². The van der Waals surface area contributed by atoms with Crippen molar-refractivity contribution in [3.05, 3.63) is 16.9 Å². The number of hydrogen-bond acceptors (Lipinski definition) is 3. The minimum absolute atomic E-state index is 0.546. The first-order valence-electron chi connectivity index (χ1n) is 6.85. The first kappa shape index (κ1) is 12.6. The van der Waals surface area contributed by atoms with Gasteiger partial charge in [0.15, 0.2) is 0 Å². The van der Waals surface area contributed by atoms with Crippen molar-refractivity contribution in [1.29, 1.82) is 0 Å². The Hall–Kier alpha value is -0.390. The smallest absolute Gasteiger partial charge is 0.0632 e. The largest absolute Gasteiger partial charge is 0.380 e. The van der Waals surface area contributed by atoms with Crippen LogP contribution in [0.2, 0.25) is 0 Å². The summed E-state index contributed by atoms with van der Waals surface area (Å²) in [6, 6.07) is 1.74. The Bertz CT molecular complexity index is 389. The number of halogens is 1. The molecule has 3 rings (SSSR count). The van der Waals surface area contributed by atoms with Crippen LogP contribution in [0.1, 0.15) is 38.1 Å². The number of nitrogens with one attached hydrogen (secondary N) is 1. The lowest BCUT2D eigenvalue weighted by Crippen LogP contribution is -2.41. The van der Waals surface area contributed by atoms with Crippen molar-refractivity contribution in [3.8, 4) is 0 Å². The van der Waals surface area contributed by atoms with E-state index in [0.717, 1.165) is 24.1 Å². The minimum Gasteiger partial charge on any atom is -0.380 e. The quantitative estimate of drug-likeness (QED) is 0.932. The molecule has 100 valence electrons. The van der Waals surface area contributed by atoms with E-state index in [1.165, 1.54) is 25.7 Å². The Kier molecular flexibility index (Phi) is 4.01. The predicted molar refractivity (Wildman–Crippen MR) is 73.6 cm³/mol. The second-order valence-electron chi connectivity index (χ2n) is 5.38. The summed E-state index contributed by atoms with van der Waals surface area (Å²) < 4.78 is 8.61. The molecule has 1 aliphatic heterocycles. The lowest BCUT2D eigenvalue weighted by molar-refractivity contribution is 0.182. The van der Waals surface area contributed by atoms with Crippen LogP contribution in [0.5, 0.6) is 0 Å². The zero-order valence-corrected chi connectivity index (χ0v) is 12.1. The van der Waals surface area contributed by atoms with Gasteiger partial charge >= 0.3 is 0 Å². The summed E-state index contributed by atoms with van der Waals surface area (Å²) in [5.41, 5.74) is 0. The van der Waals surface area contributed by atoms with Crippen LogP contribution in [-0.4, -0.2) is 35.1 Å². The molecule has 4 nitrogen and oxygen atoms in total. The predicted octanol–water partition coefficient (Wildman–Crippen LogP) is 2.51. The zero-order valence-electron chi connectivity index (χ0n) is 10.5. The number of rotatable bonds is 3. The van der Waals surface area contributed by atoms with E-state index in [2.05, 4.69) is 37.2 Å². The average Bonchev–Trinajstić information content (AvgIpc) is 3.01. The first-order chi connectivity index (χ1) is 8.81. The summed E-state index contributed by atoms with van der Waals surface area (Å²) in [6.07, 6.45) is 10.1. The fourth-order valence-corrected chi connectivity index (χ4v) is 3.37. The Balaban J connectivity index is 1.57. The van der Waals surface area contributed by atoms with Crippen LogP contribution < -0.4 is 5.32 Å². The molecule has 0 spiro atoms. The molecular weight excluding hydrogens is 294 g/mol. The Morgan fingerprint density at radius 3 is 3.00 bits per heavy atom. The standard InChI is InChI=1S/C13H20BrN3O/c14-10-7-15-17(8-10)13-3-1-2-11(6-13)16-12-4-5-18-9-12/h7-8,11-13,16H,1-6,9H2/t11-,12+,13+/m1/s1. The Labute approximate surface area is 116 Å². The topological polar surface area (TPSA) is 39.1 Å². The molecule has 1 saturated heterocycles. The van der Waals surface area contributed by atoms with E-state index in [9.17, 15) is 0 Å². The molecule has 5 heteroatoms. The number of ether oxygens (including phenoxy) is 1. The third kappa shape index (κ3) is 2.95. The summed E-state index contributed by atoms with van der Waals surface area (Å²) in [7, 11) is 0. The molecule has 3 atom stereocenters. The monoisotopic (exact) mass is 313 g/mol. The SMILES string of the molecule is Brc1cnn([C@H]2CCC[C@@H](N[C@H]3CCOC3)C2)c1. The van der Waals surface area contributed by atoms with Gasteiger partial charge in [-0.2, -0.15) is 5.10 Å². The molecule has 0 bridgehead atoms. The molecule has 1 aliphatic carbocycles. The molecule has 1 saturated carbocycles. The first-order valence-corrected chi connectivity index (χ1v) is 7.64. The van der Waals surface area contributed by atoms with Gasteiger partial charge in [-0.15, -0.1) is 0 Å². The molecule has 2 fully saturated rings. The minimum atomic E-state index is 0.546. The summed E-state index contributed by atoms with van der Waals surface area (Å²) in [5, 5.41) is 8.17. The lowest BCUT2D eigenvalue weighted by atomic mass is 9.90. The van der Waals surface area contributed by atoms with Gasteiger partial charge in [-0.1, -0.05) is 0 Å². The van der Waals surface area contributed by atoms with Crippen LogP contribution in [0.25, 0.3) is 0 Å². The van der Waals surface area contributed by atoms with Crippen LogP contribution in [0.15, 0.2) is 16.9 Å². The van der Waals surface area contributed by atoms with E-state index in [1.54, 1.807) is 0 Å². The molecule has 0 radical (unpaired) electrons. The maximum Gasteiger partial charge on any atom is 0.0632 e. The van der Waals surface area contributed by atoms with Gasteiger partial charge in [-0.05, 0) is 48.0 Å². The summed E-state index contributed by atoms with van der Waals surface area (Å²) in [6.45, 7) is 1.80. The van der Waals surface area contributed by atoms with E-state index in [1.807, 2.05) is 6.20 Å². The fourth-order valence-electron chi connectivity index (χ4n) is 3.07. The second kappa shape index (κ2) is 5.72. The molecule has 1 aromatic heterocycles. The van der Waals surface area contributed by atoms with Crippen LogP contribution in [0.3, 0.4) is 0 Å². The van der Waals surface area contributed by atoms with Crippen LogP contribution in [0, 0.1) is 0 Å². The Morgan fingerprint density at radius 1 is 1.33 bits per heavy atom. The van der Waals surface area contributed by atoms with Gasteiger partial charge in [0.25, 0.3) is 0 Å². The maximum absolute atomic E-state index is 5.43. The third-order valence-electron chi connectivity index (χ3n) is 3.99. The number of hydrogen-bond donors (Lipinski definition) is 1. The Morgan fingerprint density at radius 2 is 2.28 bits per heavy atom. The molecule has 2 aliphatic rings. The van der Waals surface area contributed by atoms with Gasteiger partial charge in [0.05, 0.1) is 23.3 Å². The van der Waals surface area contributed by atoms with E-state index >= 15 is 0 Å². The van der Waals surface area contributed by atoms with Gasteiger partial charge in [-0.25, -0.2) is 0 Å². The molecule has 0 amide bonds. The highest BCUT2D eigenvalue weighted by Gasteiger charge is 2.26. The molecular formula is C13H20BrN3O. The van der Waals surface area contributed by atoms with Crippen LogP contribution >= 0.6 is 15.9 Å². The van der Waals surface area contributed by atoms with Crippen molar-refractivity contribution in [3.63, 3.8) is 0 Å². The van der Waals surface area contributed by atoms with Crippen LogP contribution in [-0.2, 0) is 4.74 Å². The zero-order chi connectivity index (χ0) is 12.4. The molecule has 1 N–H and O–H groups in total. The molecule has 1 aromatic rings. The normalized spacial score (nSPS) is 32.8. The average molecular weight is 314 g/mol. The third-order valence-corrected chi connectivity index (χ3v) is 4.40. The highest BCUT2D eigenvalue weighted by Crippen LogP contribution is 2.29. The van der Waals surface area contributed by atoms with Gasteiger partial charge < -0.3 is 10.1 Å². The van der Waals surface area contributed by atoms with Crippen molar-refractivity contribution >= 4 is 15.9 Å². The molecule has 2 heterocycles. The highest BCUT2D eigenvalue weighted by molar-refractivity contribution is 9.10. The molecule has 18 heavy (non-hydrogen) atoms. The summed E-state index contributed by atoms with van der Waals surface area (Å²) >= 11 is 3.47. The number of nitrogens with zero attached hydrogens (tertiary/aromatic N) is 2. The van der Waals surface area contributed by atoms with Crippen molar-refractivity contribution < 1.29 is 4.74 Å². The van der Waals surface area contributed by atoms with Gasteiger partial charge in [0.2, 0.25) is 0 Å². The van der Waals surface area contributed by atoms with Crippen molar-refractivity contribution in [2.75, 3.05) is 13.2 Å².